The Balaban J connectivity index is 2.52. The van der Waals surface area contributed by atoms with Crippen LogP contribution in [0.4, 0.5) is 5.95 Å². The average molecular weight is 191 g/mol. The van der Waals surface area contributed by atoms with Gasteiger partial charge in [-0.2, -0.15) is 0 Å². The molecule has 1 aliphatic carbocycles. The zero-order chi connectivity index (χ0) is 10.2. The summed E-state index contributed by atoms with van der Waals surface area (Å²) in [6.45, 7) is 4.48. The van der Waals surface area contributed by atoms with E-state index < -0.39 is 0 Å². The van der Waals surface area contributed by atoms with Crippen molar-refractivity contribution in [3.8, 4) is 0 Å². The molecule has 3 nitrogen and oxygen atoms in total. The molecule has 0 aliphatic heterocycles. The molecule has 1 aliphatic rings. The van der Waals surface area contributed by atoms with Gasteiger partial charge in [0.2, 0.25) is 5.95 Å². The fraction of sp³-hybridized carbons (Fsp3) is 0.636. The fourth-order valence-corrected chi connectivity index (χ4v) is 2.19. The molecule has 3 heteroatoms. The van der Waals surface area contributed by atoms with E-state index in [0.29, 0.717) is 5.95 Å². The van der Waals surface area contributed by atoms with Gasteiger partial charge in [-0.15, -0.1) is 0 Å². The maximum atomic E-state index is 5.63. The Labute approximate surface area is 84.8 Å². The third kappa shape index (κ3) is 1.59. The van der Waals surface area contributed by atoms with Crippen LogP contribution in [0.15, 0.2) is 6.20 Å². The van der Waals surface area contributed by atoms with Crippen LogP contribution in [0, 0.1) is 0 Å². The average Bonchev–Trinajstić information content (AvgIpc) is 2.26. The quantitative estimate of drug-likeness (QED) is 0.639. The molecule has 1 heterocycles. The molecule has 0 unspecified atom stereocenters. The number of nitrogens with zero attached hydrogens (tertiary/aromatic N) is 2. The summed E-state index contributed by atoms with van der Waals surface area (Å²) in [6.07, 6.45) is 6.69. The molecule has 76 valence electrons. The first-order valence-corrected chi connectivity index (χ1v) is 5.21. The molecule has 2 rings (SSSR count). The molecule has 1 aromatic heterocycles. The van der Waals surface area contributed by atoms with E-state index in [1.165, 1.54) is 24.8 Å². The summed E-state index contributed by atoms with van der Waals surface area (Å²) in [5.74, 6) is 0.402. The van der Waals surface area contributed by atoms with E-state index in [4.69, 9.17) is 5.73 Å². The predicted octanol–water partition coefficient (Wildman–Crippen LogP) is 2.06. The molecule has 14 heavy (non-hydrogen) atoms. The number of hydrogen-bond donors (Lipinski definition) is 1. The second-order valence-corrected chi connectivity index (χ2v) is 4.69. The minimum Gasteiger partial charge on any atom is -0.368 e. The summed E-state index contributed by atoms with van der Waals surface area (Å²) < 4.78 is 0. The highest BCUT2D eigenvalue weighted by Crippen LogP contribution is 2.33. The van der Waals surface area contributed by atoms with Crippen molar-refractivity contribution in [2.45, 2.75) is 44.9 Å². The first-order chi connectivity index (χ1) is 6.59. The summed E-state index contributed by atoms with van der Waals surface area (Å²) in [4.78, 5) is 8.46. The van der Waals surface area contributed by atoms with E-state index in [1.807, 2.05) is 6.20 Å². The van der Waals surface area contributed by atoms with Gasteiger partial charge in [0.25, 0.3) is 0 Å². The molecular weight excluding hydrogens is 174 g/mol. The van der Waals surface area contributed by atoms with Crippen molar-refractivity contribution in [3.63, 3.8) is 0 Å². The number of nitrogens with two attached hydrogens (primary N) is 1. The third-order valence-electron chi connectivity index (χ3n) is 3.02. The molecular formula is C11H17N3. The third-order valence-corrected chi connectivity index (χ3v) is 3.02. The van der Waals surface area contributed by atoms with Crippen molar-refractivity contribution >= 4 is 5.95 Å². The first kappa shape index (κ1) is 9.44. The van der Waals surface area contributed by atoms with Crippen molar-refractivity contribution in [3.05, 3.63) is 17.5 Å². The number of aryl methyl sites for hydroxylation is 1. The van der Waals surface area contributed by atoms with E-state index in [-0.39, 0.29) is 5.41 Å². The number of nitrogen functional groups attached to an aromatic ring is 1. The monoisotopic (exact) mass is 191 g/mol. The van der Waals surface area contributed by atoms with Gasteiger partial charge in [-0.25, -0.2) is 9.97 Å². The summed E-state index contributed by atoms with van der Waals surface area (Å²) in [6, 6.07) is 0. The Morgan fingerprint density at radius 2 is 2.14 bits per heavy atom. The van der Waals surface area contributed by atoms with Gasteiger partial charge in [-0.05, 0) is 24.8 Å². The highest BCUT2D eigenvalue weighted by molar-refractivity contribution is 5.31. The van der Waals surface area contributed by atoms with Gasteiger partial charge in [0.05, 0.1) is 5.69 Å². The van der Waals surface area contributed by atoms with E-state index in [0.717, 1.165) is 12.1 Å². The number of aromatic nitrogens is 2. The number of hydrogen-bond acceptors (Lipinski definition) is 3. The molecule has 0 saturated carbocycles. The van der Waals surface area contributed by atoms with Gasteiger partial charge >= 0.3 is 0 Å². The van der Waals surface area contributed by atoms with Crippen LogP contribution in [0.3, 0.4) is 0 Å². The molecule has 0 fully saturated rings. The lowest BCUT2D eigenvalue weighted by atomic mass is 9.84. The summed E-state index contributed by atoms with van der Waals surface area (Å²) in [5, 5.41) is 0. The summed E-state index contributed by atoms with van der Waals surface area (Å²) >= 11 is 0. The van der Waals surface area contributed by atoms with Crippen LogP contribution in [0.1, 0.15) is 44.4 Å². The molecule has 0 radical (unpaired) electrons. The van der Waals surface area contributed by atoms with Crippen LogP contribution in [0.5, 0.6) is 0 Å². The van der Waals surface area contributed by atoms with Crippen LogP contribution in [0.25, 0.3) is 0 Å². The van der Waals surface area contributed by atoms with E-state index in [1.54, 1.807) is 0 Å². The Kier molecular flexibility index (Phi) is 2.17. The lowest BCUT2D eigenvalue weighted by Crippen LogP contribution is -2.20. The van der Waals surface area contributed by atoms with Gasteiger partial charge in [0, 0.05) is 11.6 Å². The van der Waals surface area contributed by atoms with Crippen molar-refractivity contribution in [2.75, 3.05) is 5.73 Å². The van der Waals surface area contributed by atoms with Gasteiger partial charge in [0.15, 0.2) is 0 Å². The smallest absolute Gasteiger partial charge is 0.220 e. The lowest BCUT2D eigenvalue weighted by Gasteiger charge is -2.23. The molecule has 0 bridgehead atoms. The van der Waals surface area contributed by atoms with E-state index >= 15 is 0 Å². The Hall–Kier alpha value is -1.12. The van der Waals surface area contributed by atoms with Crippen LogP contribution in [-0.4, -0.2) is 9.97 Å². The van der Waals surface area contributed by atoms with E-state index in [9.17, 15) is 0 Å². The highest BCUT2D eigenvalue weighted by atomic mass is 15.0. The van der Waals surface area contributed by atoms with Gasteiger partial charge in [0.1, 0.15) is 0 Å². The van der Waals surface area contributed by atoms with Crippen LogP contribution in [0.2, 0.25) is 0 Å². The van der Waals surface area contributed by atoms with Crippen LogP contribution < -0.4 is 5.73 Å². The van der Waals surface area contributed by atoms with Crippen molar-refractivity contribution < 1.29 is 0 Å². The van der Waals surface area contributed by atoms with Crippen molar-refractivity contribution in [1.29, 1.82) is 0 Å². The van der Waals surface area contributed by atoms with Crippen molar-refractivity contribution in [2.24, 2.45) is 0 Å². The second kappa shape index (κ2) is 3.23. The number of anilines is 1. The first-order valence-electron chi connectivity index (χ1n) is 5.21. The standard InChI is InChI=1S/C11H17N3/c1-11(2)6-4-3-5-8-7-13-10(12)14-9(8)11/h7H,3-6H2,1-2H3,(H2,12,13,14). The maximum Gasteiger partial charge on any atom is 0.220 e. The lowest BCUT2D eigenvalue weighted by molar-refractivity contribution is 0.456. The SMILES string of the molecule is CC1(C)CCCCc2cnc(N)nc21. The zero-order valence-electron chi connectivity index (χ0n) is 8.88. The Morgan fingerprint density at radius 3 is 2.93 bits per heavy atom. The van der Waals surface area contributed by atoms with E-state index in [2.05, 4.69) is 23.8 Å². The van der Waals surface area contributed by atoms with Crippen LogP contribution in [-0.2, 0) is 11.8 Å². The normalized spacial score (nSPS) is 19.9. The molecule has 2 N–H and O–H groups in total. The number of rotatable bonds is 0. The molecule has 0 amide bonds. The summed E-state index contributed by atoms with van der Waals surface area (Å²) in [7, 11) is 0. The van der Waals surface area contributed by atoms with Crippen molar-refractivity contribution in [1.82, 2.24) is 9.97 Å². The molecule has 0 atom stereocenters. The minimum absolute atomic E-state index is 0.156. The molecule has 0 saturated heterocycles. The second-order valence-electron chi connectivity index (χ2n) is 4.69. The van der Waals surface area contributed by atoms with Gasteiger partial charge in [-0.1, -0.05) is 20.3 Å². The summed E-state index contributed by atoms with van der Waals surface area (Å²) in [5.41, 5.74) is 8.22. The zero-order valence-corrected chi connectivity index (χ0v) is 8.88. The van der Waals surface area contributed by atoms with Gasteiger partial charge < -0.3 is 5.73 Å². The largest absolute Gasteiger partial charge is 0.368 e. The maximum absolute atomic E-state index is 5.63. The molecule has 0 spiro atoms. The van der Waals surface area contributed by atoms with Gasteiger partial charge in [-0.3, -0.25) is 0 Å². The molecule has 1 aromatic rings. The highest BCUT2D eigenvalue weighted by Gasteiger charge is 2.27. The fourth-order valence-electron chi connectivity index (χ4n) is 2.19. The minimum atomic E-state index is 0.156. The van der Waals surface area contributed by atoms with Crippen LogP contribution >= 0.6 is 0 Å². The topological polar surface area (TPSA) is 51.8 Å². The molecule has 0 aromatic carbocycles. The number of fused-ring (bicyclic) bond motifs is 1. The Bertz CT molecular complexity index is 344. The predicted molar refractivity (Wildman–Crippen MR) is 57.0 cm³/mol. The Morgan fingerprint density at radius 1 is 1.36 bits per heavy atom.